The maximum absolute atomic E-state index is 10.0. The van der Waals surface area contributed by atoms with Crippen molar-refractivity contribution in [3.63, 3.8) is 0 Å². The second kappa shape index (κ2) is 5.10. The maximum atomic E-state index is 10.0. The van der Waals surface area contributed by atoms with Gasteiger partial charge in [0, 0.05) is 12.6 Å². The second-order valence-corrected chi connectivity index (χ2v) is 4.80. The van der Waals surface area contributed by atoms with Gasteiger partial charge in [0.05, 0.1) is 11.7 Å². The molecule has 0 spiro atoms. The summed E-state index contributed by atoms with van der Waals surface area (Å²) in [4.78, 5) is 0. The molecule has 2 atom stereocenters. The summed E-state index contributed by atoms with van der Waals surface area (Å²) in [6, 6.07) is 0.277. The van der Waals surface area contributed by atoms with Crippen molar-refractivity contribution >= 4 is 0 Å². The fraction of sp³-hybridized carbons (Fsp3) is 1.00. The molecule has 0 bridgehead atoms. The zero-order valence-electron chi connectivity index (χ0n) is 9.29. The van der Waals surface area contributed by atoms with E-state index in [0.717, 1.165) is 32.1 Å². The lowest BCUT2D eigenvalue weighted by atomic mass is 10.0. The number of aliphatic hydroxyl groups is 2. The minimum absolute atomic E-state index is 0.268. The molecule has 1 aliphatic carbocycles. The summed E-state index contributed by atoms with van der Waals surface area (Å²) in [7, 11) is 0. The Morgan fingerprint density at radius 3 is 2.36 bits per heavy atom. The van der Waals surface area contributed by atoms with Gasteiger partial charge in [-0.1, -0.05) is 12.8 Å². The van der Waals surface area contributed by atoms with E-state index in [1.165, 1.54) is 0 Å². The van der Waals surface area contributed by atoms with Crippen LogP contribution in [0.5, 0.6) is 0 Å². The molecule has 3 N–H and O–H groups in total. The predicted molar refractivity (Wildman–Crippen MR) is 57.2 cm³/mol. The summed E-state index contributed by atoms with van der Waals surface area (Å²) in [5.74, 6) is 0. The van der Waals surface area contributed by atoms with Crippen LogP contribution in [0.25, 0.3) is 0 Å². The summed E-state index contributed by atoms with van der Waals surface area (Å²) in [5.41, 5.74) is -0.479. The summed E-state index contributed by atoms with van der Waals surface area (Å²) in [5, 5.41) is 22.5. The summed E-state index contributed by atoms with van der Waals surface area (Å²) in [6.07, 6.45) is 4.60. The van der Waals surface area contributed by atoms with Gasteiger partial charge in [0.1, 0.15) is 0 Å². The molecule has 1 fully saturated rings. The third-order valence-electron chi connectivity index (χ3n) is 3.01. The lowest BCUT2D eigenvalue weighted by molar-refractivity contribution is 0.0432. The van der Waals surface area contributed by atoms with Crippen molar-refractivity contribution in [2.24, 2.45) is 0 Å². The fourth-order valence-corrected chi connectivity index (χ4v) is 2.17. The molecule has 0 heterocycles. The Morgan fingerprint density at radius 1 is 1.29 bits per heavy atom. The van der Waals surface area contributed by atoms with Gasteiger partial charge in [-0.2, -0.15) is 0 Å². The molecule has 0 aromatic rings. The topological polar surface area (TPSA) is 52.5 Å². The fourth-order valence-electron chi connectivity index (χ4n) is 2.17. The van der Waals surface area contributed by atoms with Gasteiger partial charge < -0.3 is 15.5 Å². The molecule has 0 aromatic heterocycles. The summed E-state index contributed by atoms with van der Waals surface area (Å²) < 4.78 is 0. The van der Waals surface area contributed by atoms with E-state index >= 15 is 0 Å². The standard InChI is InChI=1S/C11H23NO2/c1-9(7-10(2)13)12-8-11(14)5-3-4-6-11/h9-10,12-14H,3-8H2,1-2H3. The monoisotopic (exact) mass is 201 g/mol. The third kappa shape index (κ3) is 3.95. The highest BCUT2D eigenvalue weighted by Crippen LogP contribution is 2.28. The Kier molecular flexibility index (Phi) is 4.35. The van der Waals surface area contributed by atoms with E-state index in [9.17, 15) is 10.2 Å². The molecule has 0 radical (unpaired) electrons. The molecule has 0 amide bonds. The van der Waals surface area contributed by atoms with Crippen molar-refractivity contribution in [2.45, 2.75) is 63.7 Å². The van der Waals surface area contributed by atoms with Gasteiger partial charge >= 0.3 is 0 Å². The first-order valence-corrected chi connectivity index (χ1v) is 5.66. The summed E-state index contributed by atoms with van der Waals surface area (Å²) in [6.45, 7) is 4.51. The normalized spacial score (nSPS) is 24.9. The van der Waals surface area contributed by atoms with E-state index in [-0.39, 0.29) is 12.1 Å². The highest BCUT2D eigenvalue weighted by molar-refractivity contribution is 4.87. The van der Waals surface area contributed by atoms with Crippen LogP contribution >= 0.6 is 0 Å². The Labute approximate surface area is 86.5 Å². The van der Waals surface area contributed by atoms with E-state index in [4.69, 9.17) is 0 Å². The van der Waals surface area contributed by atoms with Gasteiger partial charge in [-0.3, -0.25) is 0 Å². The lowest BCUT2D eigenvalue weighted by Crippen LogP contribution is -2.42. The first kappa shape index (κ1) is 12.0. The van der Waals surface area contributed by atoms with Gasteiger partial charge in [0.15, 0.2) is 0 Å². The van der Waals surface area contributed by atoms with Crippen molar-refractivity contribution in [1.82, 2.24) is 5.32 Å². The predicted octanol–water partition coefficient (Wildman–Crippen LogP) is 1.04. The maximum Gasteiger partial charge on any atom is 0.0771 e. The molecular formula is C11H23NO2. The molecule has 3 heteroatoms. The Balaban J connectivity index is 2.18. The van der Waals surface area contributed by atoms with Crippen LogP contribution in [0.1, 0.15) is 46.0 Å². The molecule has 1 saturated carbocycles. The van der Waals surface area contributed by atoms with Crippen molar-refractivity contribution in [3.05, 3.63) is 0 Å². The Morgan fingerprint density at radius 2 is 1.86 bits per heavy atom. The molecule has 0 aromatic carbocycles. The largest absolute Gasteiger partial charge is 0.393 e. The van der Waals surface area contributed by atoms with E-state index in [1.807, 2.05) is 6.92 Å². The van der Waals surface area contributed by atoms with Crippen LogP contribution in [0.15, 0.2) is 0 Å². The Bertz CT molecular complexity index is 165. The molecule has 14 heavy (non-hydrogen) atoms. The van der Waals surface area contributed by atoms with Crippen LogP contribution in [0.4, 0.5) is 0 Å². The molecule has 2 unspecified atom stereocenters. The SMILES string of the molecule is CC(O)CC(C)NCC1(O)CCCC1. The van der Waals surface area contributed by atoms with E-state index in [0.29, 0.717) is 6.54 Å². The Hall–Kier alpha value is -0.120. The molecule has 0 saturated heterocycles. The van der Waals surface area contributed by atoms with Crippen molar-refractivity contribution in [2.75, 3.05) is 6.54 Å². The summed E-state index contributed by atoms with van der Waals surface area (Å²) >= 11 is 0. The minimum atomic E-state index is -0.479. The van der Waals surface area contributed by atoms with Crippen LogP contribution < -0.4 is 5.32 Å². The van der Waals surface area contributed by atoms with Gasteiger partial charge in [-0.05, 0) is 33.1 Å². The van der Waals surface area contributed by atoms with Crippen LogP contribution in [0, 0.1) is 0 Å². The zero-order valence-corrected chi connectivity index (χ0v) is 9.29. The second-order valence-electron chi connectivity index (χ2n) is 4.80. The van der Waals surface area contributed by atoms with Crippen LogP contribution in [0.3, 0.4) is 0 Å². The average Bonchev–Trinajstić information content (AvgIpc) is 2.49. The third-order valence-corrected chi connectivity index (χ3v) is 3.01. The van der Waals surface area contributed by atoms with Crippen LogP contribution in [-0.4, -0.2) is 34.5 Å². The molecule has 1 rings (SSSR count). The first-order valence-electron chi connectivity index (χ1n) is 5.66. The van der Waals surface area contributed by atoms with Crippen molar-refractivity contribution in [1.29, 1.82) is 0 Å². The van der Waals surface area contributed by atoms with Gasteiger partial charge in [-0.15, -0.1) is 0 Å². The van der Waals surface area contributed by atoms with Gasteiger partial charge in [-0.25, -0.2) is 0 Å². The lowest BCUT2D eigenvalue weighted by Gasteiger charge is -2.25. The van der Waals surface area contributed by atoms with Gasteiger partial charge in [0.2, 0.25) is 0 Å². The van der Waals surface area contributed by atoms with Crippen LogP contribution in [-0.2, 0) is 0 Å². The highest BCUT2D eigenvalue weighted by Gasteiger charge is 2.30. The molecule has 0 aliphatic heterocycles. The van der Waals surface area contributed by atoms with E-state index < -0.39 is 5.60 Å². The zero-order chi connectivity index (χ0) is 10.6. The van der Waals surface area contributed by atoms with Crippen molar-refractivity contribution < 1.29 is 10.2 Å². The molecule has 84 valence electrons. The highest BCUT2D eigenvalue weighted by atomic mass is 16.3. The van der Waals surface area contributed by atoms with Crippen LogP contribution in [0.2, 0.25) is 0 Å². The van der Waals surface area contributed by atoms with E-state index in [1.54, 1.807) is 6.92 Å². The quantitative estimate of drug-likeness (QED) is 0.623. The molecule has 1 aliphatic rings. The number of nitrogens with one attached hydrogen (secondary N) is 1. The first-order chi connectivity index (χ1) is 6.52. The number of hydrogen-bond acceptors (Lipinski definition) is 3. The van der Waals surface area contributed by atoms with E-state index in [2.05, 4.69) is 5.32 Å². The smallest absolute Gasteiger partial charge is 0.0771 e. The number of aliphatic hydroxyl groups excluding tert-OH is 1. The average molecular weight is 201 g/mol. The minimum Gasteiger partial charge on any atom is -0.393 e. The van der Waals surface area contributed by atoms with Crippen molar-refractivity contribution in [3.8, 4) is 0 Å². The number of rotatable bonds is 5. The number of hydrogen-bond donors (Lipinski definition) is 3. The molecular weight excluding hydrogens is 178 g/mol. The van der Waals surface area contributed by atoms with Gasteiger partial charge in [0.25, 0.3) is 0 Å². The molecule has 3 nitrogen and oxygen atoms in total.